The molecule has 0 heterocycles. The number of hydrogen-bond donors (Lipinski definition) is 3. The molecule has 4 aliphatic rings. The lowest BCUT2D eigenvalue weighted by Gasteiger charge is -2.58. The van der Waals surface area contributed by atoms with E-state index in [9.17, 15) is 14.4 Å². The van der Waals surface area contributed by atoms with Crippen LogP contribution in [0.25, 0.3) is 0 Å². The highest BCUT2D eigenvalue weighted by molar-refractivity contribution is 5.68. The fourth-order valence-electron chi connectivity index (χ4n) is 11.8. The molecule has 3 N–H and O–H groups in total. The van der Waals surface area contributed by atoms with Crippen LogP contribution in [0.15, 0.2) is 11.6 Å². The topological polar surface area (TPSA) is 118 Å². The lowest BCUT2D eigenvalue weighted by atomic mass is 9.47. The van der Waals surface area contributed by atoms with Gasteiger partial charge in [0.05, 0.1) is 0 Å². The molecule has 346 valence electrons. The van der Waals surface area contributed by atoms with Gasteiger partial charge in [-0.1, -0.05) is 79.4 Å². The molecule has 10 atom stereocenters. The molecule has 0 aliphatic heterocycles. The molecular weight excluding hydrogens is 753 g/mol. The molecule has 10 nitrogen and oxygen atoms in total. The summed E-state index contributed by atoms with van der Waals surface area (Å²) in [6.45, 7) is 31.4. The van der Waals surface area contributed by atoms with Gasteiger partial charge in [-0.3, -0.25) is 0 Å². The molecule has 2 unspecified atom stereocenters. The van der Waals surface area contributed by atoms with Gasteiger partial charge in [-0.15, -0.1) is 0 Å². The van der Waals surface area contributed by atoms with E-state index in [1.807, 2.05) is 46.4 Å². The highest BCUT2D eigenvalue weighted by atomic mass is 16.6. The van der Waals surface area contributed by atoms with Gasteiger partial charge in [0.25, 0.3) is 0 Å². The molecule has 3 fully saturated rings. The van der Waals surface area contributed by atoms with Crippen molar-refractivity contribution in [2.45, 2.75) is 191 Å². The predicted molar refractivity (Wildman–Crippen MR) is 244 cm³/mol. The van der Waals surface area contributed by atoms with Crippen LogP contribution in [-0.2, 0) is 14.2 Å². The first-order valence-corrected chi connectivity index (χ1v) is 24.3. The Labute approximate surface area is 366 Å². The third kappa shape index (κ3) is 14.5. The Kier molecular flexibility index (Phi) is 18.2. The second-order valence-electron chi connectivity index (χ2n) is 22.9. The van der Waals surface area contributed by atoms with Crippen LogP contribution in [0.4, 0.5) is 14.4 Å². The van der Waals surface area contributed by atoms with Crippen LogP contribution in [0.1, 0.15) is 173 Å². The first kappa shape index (κ1) is 50.2. The van der Waals surface area contributed by atoms with Gasteiger partial charge in [-0.2, -0.15) is 0 Å². The number of fused-ring (bicyclic) bond motifs is 5. The van der Waals surface area contributed by atoms with Gasteiger partial charge in [0.1, 0.15) is 17.3 Å². The van der Waals surface area contributed by atoms with E-state index >= 15 is 0 Å². The van der Waals surface area contributed by atoms with Crippen molar-refractivity contribution < 1.29 is 28.6 Å². The quantitative estimate of drug-likeness (QED) is 0.0673. The summed E-state index contributed by atoms with van der Waals surface area (Å²) >= 11 is 0. The molecule has 0 spiro atoms. The van der Waals surface area contributed by atoms with Crippen molar-refractivity contribution in [2.75, 3.05) is 39.3 Å². The summed E-state index contributed by atoms with van der Waals surface area (Å²) in [5.74, 6) is 5.09. The SMILES string of the molecule is CC(C)CCC[C@@H](C)[C@H]1CC[C@H]2[C@@H]3CC=C4C[C@@H](OC(=O)N(CCCCNCC(C)CNC(=O)OC(C)(C)C)CC(C)CNC(=O)OC(C)(C)C)CC[C@]4(C)[C@H]3CC[C@]12C. The molecule has 3 saturated carbocycles. The normalized spacial score (nSPS) is 29.2. The Morgan fingerprint density at radius 1 is 0.783 bits per heavy atom. The monoisotopic (exact) mass is 843 g/mol. The summed E-state index contributed by atoms with van der Waals surface area (Å²) in [6, 6.07) is 0. The van der Waals surface area contributed by atoms with Gasteiger partial charge in [0, 0.05) is 32.6 Å². The number of hydrogen-bond acceptors (Lipinski definition) is 7. The molecule has 0 aromatic rings. The standard InChI is InChI=1S/C50H90N4O6/c1-34(2)17-16-18-37(5)41-21-22-42-40-20-19-38-29-39(23-25-49(38,12)43(40)24-26-50(41,42)13)58-46(57)54(33-36(4)32-53-45(56)60-48(9,10)11)28-15-14-27-51-30-35(3)31-52-44(55)59-47(6,7)8/h19,34-37,39-43,51H,14-18,20-33H2,1-13H3,(H,52,55)(H,53,56)/t35?,36?,37-,39+,40+,41-,42+,43+,49+,50-/m1/s1. The van der Waals surface area contributed by atoms with Gasteiger partial charge in [-0.05, 0) is 171 Å². The summed E-state index contributed by atoms with van der Waals surface area (Å²) in [4.78, 5) is 40.3. The van der Waals surface area contributed by atoms with Crippen molar-refractivity contribution in [1.29, 1.82) is 0 Å². The fraction of sp³-hybridized carbons (Fsp3) is 0.900. The van der Waals surface area contributed by atoms with Crippen LogP contribution in [0.2, 0.25) is 0 Å². The summed E-state index contributed by atoms with van der Waals surface area (Å²) < 4.78 is 17.2. The largest absolute Gasteiger partial charge is 0.446 e. The van der Waals surface area contributed by atoms with Gasteiger partial charge < -0.3 is 35.1 Å². The highest BCUT2D eigenvalue weighted by Gasteiger charge is 2.59. The minimum Gasteiger partial charge on any atom is -0.446 e. The number of unbranched alkanes of at least 4 members (excludes halogenated alkanes) is 1. The maximum Gasteiger partial charge on any atom is 0.410 e. The summed E-state index contributed by atoms with van der Waals surface area (Å²) in [7, 11) is 0. The van der Waals surface area contributed by atoms with Crippen molar-refractivity contribution in [3.8, 4) is 0 Å². The van der Waals surface area contributed by atoms with Gasteiger partial charge in [0.2, 0.25) is 0 Å². The summed E-state index contributed by atoms with van der Waals surface area (Å²) in [5, 5.41) is 9.25. The van der Waals surface area contributed by atoms with Gasteiger partial charge in [-0.25, -0.2) is 14.4 Å². The average molecular weight is 843 g/mol. The van der Waals surface area contributed by atoms with E-state index in [2.05, 4.69) is 70.5 Å². The summed E-state index contributed by atoms with van der Waals surface area (Å²) in [6.07, 6.45) is 16.8. The Morgan fingerprint density at radius 3 is 2.07 bits per heavy atom. The van der Waals surface area contributed by atoms with E-state index in [-0.39, 0.29) is 29.4 Å². The third-order valence-electron chi connectivity index (χ3n) is 14.8. The molecule has 0 aromatic carbocycles. The van der Waals surface area contributed by atoms with E-state index in [1.165, 1.54) is 56.9 Å². The van der Waals surface area contributed by atoms with Crippen LogP contribution in [-0.4, -0.2) is 79.8 Å². The van der Waals surface area contributed by atoms with Crippen LogP contribution in [0, 0.1) is 58.2 Å². The maximum absolute atomic E-state index is 14.0. The highest BCUT2D eigenvalue weighted by Crippen LogP contribution is 2.67. The Bertz CT molecular complexity index is 1420. The number of amides is 3. The predicted octanol–water partition coefficient (Wildman–Crippen LogP) is 11.5. The van der Waals surface area contributed by atoms with E-state index in [4.69, 9.17) is 14.2 Å². The van der Waals surface area contributed by atoms with Gasteiger partial charge in [0.15, 0.2) is 0 Å². The lowest BCUT2D eigenvalue weighted by Crippen LogP contribution is -2.51. The number of carbonyl (C=O) groups is 3. The number of rotatable bonds is 19. The number of allylic oxidation sites excluding steroid dienone is 1. The number of alkyl carbamates (subject to hydrolysis) is 2. The number of carbonyl (C=O) groups excluding carboxylic acids is 3. The molecule has 4 rings (SSSR count). The first-order valence-electron chi connectivity index (χ1n) is 24.3. The van der Waals surface area contributed by atoms with Gasteiger partial charge >= 0.3 is 18.3 Å². The molecule has 0 saturated heterocycles. The maximum atomic E-state index is 14.0. The number of nitrogens with one attached hydrogen (secondary N) is 3. The molecule has 10 heteroatoms. The second-order valence-corrected chi connectivity index (χ2v) is 22.9. The molecule has 0 aromatic heterocycles. The Morgan fingerprint density at radius 2 is 1.43 bits per heavy atom. The van der Waals surface area contributed by atoms with Crippen LogP contribution in [0.5, 0.6) is 0 Å². The molecule has 60 heavy (non-hydrogen) atoms. The zero-order chi connectivity index (χ0) is 44.5. The van der Waals surface area contributed by atoms with Crippen molar-refractivity contribution in [3.63, 3.8) is 0 Å². The second kappa shape index (κ2) is 21.7. The van der Waals surface area contributed by atoms with E-state index in [1.54, 1.807) is 0 Å². The Balaban J connectivity index is 1.31. The molecule has 0 bridgehead atoms. The minimum absolute atomic E-state index is 0.0179. The van der Waals surface area contributed by atoms with Crippen molar-refractivity contribution in [2.24, 2.45) is 58.2 Å². The van der Waals surface area contributed by atoms with Crippen LogP contribution < -0.4 is 16.0 Å². The smallest absolute Gasteiger partial charge is 0.410 e. The first-order chi connectivity index (χ1) is 28.0. The van der Waals surface area contributed by atoms with Crippen molar-refractivity contribution >= 4 is 18.3 Å². The van der Waals surface area contributed by atoms with Crippen LogP contribution in [0.3, 0.4) is 0 Å². The van der Waals surface area contributed by atoms with E-state index < -0.39 is 23.4 Å². The van der Waals surface area contributed by atoms with E-state index in [0.717, 1.165) is 80.7 Å². The number of ether oxygens (including phenoxy) is 3. The van der Waals surface area contributed by atoms with Crippen molar-refractivity contribution in [1.82, 2.24) is 20.9 Å². The fourth-order valence-corrected chi connectivity index (χ4v) is 11.8. The van der Waals surface area contributed by atoms with Crippen LogP contribution >= 0.6 is 0 Å². The summed E-state index contributed by atoms with van der Waals surface area (Å²) in [5.41, 5.74) is 1.13. The molecule has 3 amide bonds. The molecule has 4 aliphatic carbocycles. The van der Waals surface area contributed by atoms with E-state index in [0.29, 0.717) is 31.6 Å². The lowest BCUT2D eigenvalue weighted by molar-refractivity contribution is -0.0594. The zero-order valence-corrected chi connectivity index (χ0v) is 40.6. The zero-order valence-electron chi connectivity index (χ0n) is 40.6. The Hall–Kier alpha value is -2.49. The minimum atomic E-state index is -0.573. The number of nitrogens with zero attached hydrogens (tertiary/aromatic N) is 1. The average Bonchev–Trinajstić information content (AvgIpc) is 3.50. The molecular formula is C50H90N4O6. The third-order valence-corrected chi connectivity index (χ3v) is 14.8. The van der Waals surface area contributed by atoms with Crippen molar-refractivity contribution in [3.05, 3.63) is 11.6 Å². The molecule has 0 radical (unpaired) electrons.